The lowest BCUT2D eigenvalue weighted by Crippen LogP contribution is -2.40. The van der Waals surface area contributed by atoms with Crippen molar-refractivity contribution in [1.82, 2.24) is 4.90 Å². The molecule has 2 aromatic carbocycles. The van der Waals surface area contributed by atoms with E-state index in [4.69, 9.17) is 5.11 Å². The Kier molecular flexibility index (Phi) is 5.43. The van der Waals surface area contributed by atoms with Gasteiger partial charge in [-0.15, -0.1) is 0 Å². The Bertz CT molecular complexity index is 768. The highest BCUT2D eigenvalue weighted by Gasteiger charge is 2.28. The molecule has 1 aliphatic rings. The van der Waals surface area contributed by atoms with E-state index >= 15 is 0 Å². The van der Waals surface area contributed by atoms with Gasteiger partial charge in [0.2, 0.25) is 0 Å². The van der Waals surface area contributed by atoms with Gasteiger partial charge < -0.3 is 10.0 Å². The van der Waals surface area contributed by atoms with E-state index in [9.17, 15) is 9.59 Å². The third-order valence-corrected chi connectivity index (χ3v) is 5.54. The van der Waals surface area contributed by atoms with Crippen molar-refractivity contribution < 1.29 is 14.7 Å². The lowest BCUT2D eigenvalue weighted by Gasteiger charge is -2.30. The molecule has 1 amide bonds. The molecule has 130 valence electrons. The number of carbonyl (C=O) groups is 2. The Morgan fingerprint density at radius 1 is 1.08 bits per heavy atom. The molecule has 4 nitrogen and oxygen atoms in total. The van der Waals surface area contributed by atoms with E-state index in [0.717, 1.165) is 15.4 Å². The smallest absolute Gasteiger partial charge is 0.306 e. The fourth-order valence-electron chi connectivity index (χ4n) is 3.01. The average molecular weight is 355 g/mol. The molecule has 1 saturated heterocycles. The summed E-state index contributed by atoms with van der Waals surface area (Å²) in [6, 6.07) is 15.9. The number of piperidine rings is 1. The lowest BCUT2D eigenvalue weighted by atomic mass is 9.96. The Balaban J connectivity index is 1.80. The Morgan fingerprint density at radius 3 is 2.40 bits per heavy atom. The summed E-state index contributed by atoms with van der Waals surface area (Å²) in [4.78, 5) is 27.9. The molecule has 0 aromatic heterocycles. The average Bonchev–Trinajstić information content (AvgIpc) is 2.62. The molecule has 1 N–H and O–H groups in total. The van der Waals surface area contributed by atoms with Gasteiger partial charge in [0.25, 0.3) is 5.91 Å². The van der Waals surface area contributed by atoms with Gasteiger partial charge in [0, 0.05) is 22.9 Å². The fourth-order valence-corrected chi connectivity index (χ4v) is 4.06. The molecule has 0 aliphatic carbocycles. The summed E-state index contributed by atoms with van der Waals surface area (Å²) in [5, 5.41) is 9.11. The number of amides is 1. The molecule has 3 rings (SSSR count). The number of hydrogen-bond donors (Lipinski definition) is 1. The number of benzene rings is 2. The van der Waals surface area contributed by atoms with Crippen molar-refractivity contribution in [3.8, 4) is 0 Å². The normalized spacial score (nSPS) is 15.2. The van der Waals surface area contributed by atoms with E-state index in [2.05, 4.69) is 0 Å². The molecular weight excluding hydrogens is 334 g/mol. The Labute approximate surface area is 151 Å². The van der Waals surface area contributed by atoms with Crippen molar-refractivity contribution >= 4 is 23.6 Å². The van der Waals surface area contributed by atoms with Crippen LogP contribution in [-0.4, -0.2) is 35.0 Å². The zero-order chi connectivity index (χ0) is 17.8. The lowest BCUT2D eigenvalue weighted by molar-refractivity contribution is -0.143. The van der Waals surface area contributed by atoms with Crippen LogP contribution in [0.3, 0.4) is 0 Å². The second kappa shape index (κ2) is 7.74. The van der Waals surface area contributed by atoms with Crippen LogP contribution in [0.2, 0.25) is 0 Å². The van der Waals surface area contributed by atoms with Gasteiger partial charge >= 0.3 is 5.97 Å². The van der Waals surface area contributed by atoms with Gasteiger partial charge in [0.05, 0.1) is 11.5 Å². The molecule has 0 bridgehead atoms. The monoisotopic (exact) mass is 355 g/mol. The standard InChI is InChI=1S/C20H21NO3S/c1-14-7-8-17(18(13-14)25-16-5-3-2-4-6-16)19(22)21-11-9-15(10-12-21)20(23)24/h2-8,13,15H,9-12H2,1H3,(H,23,24). The Hall–Kier alpha value is -2.27. The first-order valence-corrected chi connectivity index (χ1v) is 9.22. The fraction of sp³-hybridized carbons (Fsp3) is 0.300. The number of aliphatic carboxylic acids is 1. The first-order chi connectivity index (χ1) is 12.0. The van der Waals surface area contributed by atoms with E-state index in [1.165, 1.54) is 0 Å². The zero-order valence-corrected chi connectivity index (χ0v) is 15.0. The van der Waals surface area contributed by atoms with Gasteiger partial charge in [-0.25, -0.2) is 0 Å². The quantitative estimate of drug-likeness (QED) is 0.898. The minimum absolute atomic E-state index is 0.0118. The first-order valence-electron chi connectivity index (χ1n) is 8.40. The van der Waals surface area contributed by atoms with Crippen LogP contribution in [0.4, 0.5) is 0 Å². The highest BCUT2D eigenvalue weighted by Crippen LogP contribution is 2.32. The Morgan fingerprint density at radius 2 is 1.76 bits per heavy atom. The molecule has 25 heavy (non-hydrogen) atoms. The van der Waals surface area contributed by atoms with Crippen molar-refractivity contribution in [3.05, 3.63) is 59.7 Å². The van der Waals surface area contributed by atoms with Gasteiger partial charge in [-0.1, -0.05) is 36.0 Å². The van der Waals surface area contributed by atoms with Crippen molar-refractivity contribution in [2.45, 2.75) is 29.6 Å². The molecular formula is C20H21NO3S. The summed E-state index contributed by atoms with van der Waals surface area (Å²) in [5.74, 6) is -1.11. The molecule has 2 aromatic rings. The van der Waals surface area contributed by atoms with E-state index in [1.54, 1.807) is 16.7 Å². The van der Waals surface area contributed by atoms with Gasteiger partial charge in [0.1, 0.15) is 0 Å². The van der Waals surface area contributed by atoms with Crippen LogP contribution in [0.1, 0.15) is 28.8 Å². The van der Waals surface area contributed by atoms with Crippen LogP contribution >= 0.6 is 11.8 Å². The van der Waals surface area contributed by atoms with E-state index in [0.29, 0.717) is 31.5 Å². The summed E-state index contributed by atoms with van der Waals surface area (Å²) >= 11 is 1.58. The van der Waals surface area contributed by atoms with Gasteiger partial charge in [-0.05, 0) is 49.6 Å². The van der Waals surface area contributed by atoms with Crippen LogP contribution < -0.4 is 0 Å². The minimum atomic E-state index is -0.761. The SMILES string of the molecule is Cc1ccc(C(=O)N2CCC(C(=O)O)CC2)c(Sc2ccccc2)c1. The maximum atomic E-state index is 13.0. The molecule has 1 fully saturated rings. The van der Waals surface area contributed by atoms with E-state index < -0.39 is 5.97 Å². The summed E-state index contributed by atoms with van der Waals surface area (Å²) in [6.45, 7) is 3.01. The van der Waals surface area contributed by atoms with Gasteiger partial charge in [-0.3, -0.25) is 9.59 Å². The minimum Gasteiger partial charge on any atom is -0.481 e. The van der Waals surface area contributed by atoms with Crippen LogP contribution in [0.15, 0.2) is 58.3 Å². The molecule has 0 unspecified atom stereocenters. The summed E-state index contributed by atoms with van der Waals surface area (Å²) < 4.78 is 0. The van der Waals surface area contributed by atoms with E-state index in [1.807, 2.05) is 55.5 Å². The topological polar surface area (TPSA) is 57.6 Å². The number of hydrogen-bond acceptors (Lipinski definition) is 3. The van der Waals surface area contributed by atoms with Crippen LogP contribution in [0.25, 0.3) is 0 Å². The third-order valence-electron chi connectivity index (χ3n) is 4.47. The number of carboxylic acids is 1. The van der Waals surface area contributed by atoms with Crippen molar-refractivity contribution in [1.29, 1.82) is 0 Å². The summed E-state index contributed by atoms with van der Waals surface area (Å²) in [5.41, 5.74) is 1.80. The largest absolute Gasteiger partial charge is 0.481 e. The number of rotatable bonds is 4. The highest BCUT2D eigenvalue weighted by atomic mass is 32.2. The number of carboxylic acid groups (broad SMARTS) is 1. The number of carbonyl (C=O) groups excluding carboxylic acids is 1. The number of aryl methyl sites for hydroxylation is 1. The number of nitrogens with zero attached hydrogens (tertiary/aromatic N) is 1. The predicted molar refractivity (Wildman–Crippen MR) is 98.0 cm³/mol. The number of likely N-dealkylation sites (tertiary alicyclic amines) is 1. The summed E-state index contributed by atoms with van der Waals surface area (Å²) in [7, 11) is 0. The molecule has 0 saturated carbocycles. The first kappa shape index (κ1) is 17.5. The molecule has 5 heteroatoms. The summed E-state index contributed by atoms with van der Waals surface area (Å²) in [6.07, 6.45) is 1.04. The maximum absolute atomic E-state index is 13.0. The highest BCUT2D eigenvalue weighted by molar-refractivity contribution is 7.99. The van der Waals surface area contributed by atoms with Crippen LogP contribution in [0.5, 0.6) is 0 Å². The van der Waals surface area contributed by atoms with Crippen molar-refractivity contribution in [3.63, 3.8) is 0 Å². The molecule has 0 radical (unpaired) electrons. The van der Waals surface area contributed by atoms with Crippen LogP contribution in [-0.2, 0) is 4.79 Å². The van der Waals surface area contributed by atoms with Gasteiger partial charge in [-0.2, -0.15) is 0 Å². The molecule has 1 heterocycles. The second-order valence-electron chi connectivity index (χ2n) is 6.32. The zero-order valence-electron chi connectivity index (χ0n) is 14.1. The second-order valence-corrected chi connectivity index (χ2v) is 7.43. The maximum Gasteiger partial charge on any atom is 0.306 e. The van der Waals surface area contributed by atoms with Crippen molar-refractivity contribution in [2.24, 2.45) is 5.92 Å². The van der Waals surface area contributed by atoms with E-state index in [-0.39, 0.29) is 11.8 Å². The molecule has 0 atom stereocenters. The van der Waals surface area contributed by atoms with Gasteiger partial charge in [0.15, 0.2) is 0 Å². The third kappa shape index (κ3) is 4.23. The molecule has 0 spiro atoms. The molecule has 1 aliphatic heterocycles. The van der Waals surface area contributed by atoms with Crippen molar-refractivity contribution in [2.75, 3.05) is 13.1 Å². The van der Waals surface area contributed by atoms with Crippen LogP contribution in [0, 0.1) is 12.8 Å². The predicted octanol–water partition coefficient (Wildman–Crippen LogP) is 4.08.